The number of aromatic nitrogens is 4. The Hall–Kier alpha value is -2.77. The number of amides is 1. The molecule has 0 aliphatic heterocycles. The zero-order chi connectivity index (χ0) is 13.1. The van der Waals surface area contributed by atoms with Crippen molar-refractivity contribution in [2.24, 2.45) is 0 Å². The number of hydrogen-bond acceptors (Lipinski definition) is 5. The van der Waals surface area contributed by atoms with Crippen LogP contribution in [0, 0.1) is 6.92 Å². The number of H-pyrrole nitrogens is 1. The Bertz CT molecular complexity index is 607. The highest BCUT2D eigenvalue weighted by Crippen LogP contribution is 2.11. The lowest BCUT2D eigenvalue weighted by Gasteiger charge is -2.05. The van der Waals surface area contributed by atoms with Gasteiger partial charge < -0.3 is 10.4 Å². The van der Waals surface area contributed by atoms with Crippen LogP contribution in [-0.4, -0.2) is 37.1 Å². The van der Waals surface area contributed by atoms with Crippen molar-refractivity contribution in [3.05, 3.63) is 35.5 Å². The van der Waals surface area contributed by atoms with E-state index in [1.807, 2.05) is 0 Å². The number of anilines is 1. The summed E-state index contributed by atoms with van der Waals surface area (Å²) in [6.45, 7) is 1.68. The smallest absolute Gasteiger partial charge is 0.358 e. The molecule has 0 aliphatic carbocycles. The SMILES string of the molecule is Cc1[nH]ncc1C(=O)Nc1nccnc1C(=O)O. The molecule has 8 heteroatoms. The number of nitrogens with zero attached hydrogens (tertiary/aromatic N) is 3. The molecule has 0 radical (unpaired) electrons. The summed E-state index contributed by atoms with van der Waals surface area (Å²) in [7, 11) is 0. The maximum Gasteiger partial charge on any atom is 0.358 e. The van der Waals surface area contributed by atoms with Gasteiger partial charge in [0.05, 0.1) is 11.8 Å². The fraction of sp³-hybridized carbons (Fsp3) is 0.100. The molecule has 2 heterocycles. The van der Waals surface area contributed by atoms with Crippen molar-refractivity contribution in [2.45, 2.75) is 6.92 Å². The van der Waals surface area contributed by atoms with E-state index in [9.17, 15) is 9.59 Å². The van der Waals surface area contributed by atoms with E-state index in [4.69, 9.17) is 5.11 Å². The first kappa shape index (κ1) is 11.7. The highest BCUT2D eigenvalue weighted by atomic mass is 16.4. The number of rotatable bonds is 3. The molecule has 0 bridgehead atoms. The molecule has 2 aromatic heterocycles. The summed E-state index contributed by atoms with van der Waals surface area (Å²) < 4.78 is 0. The molecule has 0 saturated carbocycles. The molecule has 0 unspecified atom stereocenters. The third kappa shape index (κ3) is 2.17. The fourth-order valence-corrected chi connectivity index (χ4v) is 1.34. The minimum atomic E-state index is -1.26. The van der Waals surface area contributed by atoms with Gasteiger partial charge in [-0.2, -0.15) is 5.10 Å². The van der Waals surface area contributed by atoms with Gasteiger partial charge in [-0.1, -0.05) is 0 Å². The van der Waals surface area contributed by atoms with Crippen LogP contribution in [0.1, 0.15) is 26.5 Å². The van der Waals surface area contributed by atoms with Crippen LogP contribution in [0.25, 0.3) is 0 Å². The maximum absolute atomic E-state index is 11.8. The third-order valence-corrected chi connectivity index (χ3v) is 2.21. The number of hydrogen-bond donors (Lipinski definition) is 3. The lowest BCUT2D eigenvalue weighted by atomic mass is 10.2. The molecule has 92 valence electrons. The zero-order valence-corrected chi connectivity index (χ0v) is 9.34. The Morgan fingerprint density at radius 1 is 1.33 bits per heavy atom. The third-order valence-electron chi connectivity index (χ3n) is 2.21. The van der Waals surface area contributed by atoms with Crippen LogP contribution in [0.5, 0.6) is 0 Å². The molecule has 0 atom stereocenters. The Kier molecular flexibility index (Phi) is 3.00. The Morgan fingerprint density at radius 2 is 2.06 bits per heavy atom. The first-order valence-electron chi connectivity index (χ1n) is 4.95. The number of nitrogens with one attached hydrogen (secondary N) is 2. The molecule has 18 heavy (non-hydrogen) atoms. The molecule has 0 fully saturated rings. The number of carbonyl (C=O) groups is 2. The van der Waals surface area contributed by atoms with E-state index in [-0.39, 0.29) is 11.5 Å². The average Bonchev–Trinajstić information content (AvgIpc) is 2.76. The van der Waals surface area contributed by atoms with Gasteiger partial charge in [-0.25, -0.2) is 14.8 Å². The summed E-state index contributed by atoms with van der Waals surface area (Å²) in [5.41, 5.74) is 0.581. The summed E-state index contributed by atoms with van der Waals surface area (Å²) in [6, 6.07) is 0. The number of carbonyl (C=O) groups excluding carboxylic acids is 1. The molecule has 2 rings (SSSR count). The Balaban J connectivity index is 2.28. The summed E-state index contributed by atoms with van der Waals surface area (Å²) in [6.07, 6.45) is 3.88. The van der Waals surface area contributed by atoms with Crippen LogP contribution in [0.3, 0.4) is 0 Å². The van der Waals surface area contributed by atoms with Crippen LogP contribution in [0.15, 0.2) is 18.6 Å². The van der Waals surface area contributed by atoms with Gasteiger partial charge in [-0.05, 0) is 6.92 Å². The van der Waals surface area contributed by atoms with Gasteiger partial charge in [0.25, 0.3) is 5.91 Å². The van der Waals surface area contributed by atoms with Crippen molar-refractivity contribution in [2.75, 3.05) is 5.32 Å². The number of aromatic amines is 1. The van der Waals surface area contributed by atoms with Gasteiger partial charge in [-0.15, -0.1) is 0 Å². The van der Waals surface area contributed by atoms with Gasteiger partial charge >= 0.3 is 5.97 Å². The largest absolute Gasteiger partial charge is 0.476 e. The van der Waals surface area contributed by atoms with Crippen molar-refractivity contribution in [1.29, 1.82) is 0 Å². The van der Waals surface area contributed by atoms with Gasteiger partial charge in [0.1, 0.15) is 0 Å². The number of aryl methyl sites for hydroxylation is 1. The van der Waals surface area contributed by atoms with Crippen molar-refractivity contribution in [1.82, 2.24) is 20.2 Å². The van der Waals surface area contributed by atoms with Crippen molar-refractivity contribution < 1.29 is 14.7 Å². The molecule has 0 saturated heterocycles. The van der Waals surface area contributed by atoms with E-state index in [0.717, 1.165) is 0 Å². The minimum Gasteiger partial charge on any atom is -0.476 e. The van der Waals surface area contributed by atoms with Crippen LogP contribution in [0.2, 0.25) is 0 Å². The first-order chi connectivity index (χ1) is 8.59. The number of aromatic carboxylic acids is 1. The van der Waals surface area contributed by atoms with E-state index in [2.05, 4.69) is 25.5 Å². The second kappa shape index (κ2) is 4.62. The first-order valence-corrected chi connectivity index (χ1v) is 4.95. The molecule has 1 amide bonds. The minimum absolute atomic E-state index is 0.101. The highest BCUT2D eigenvalue weighted by molar-refractivity contribution is 6.06. The van der Waals surface area contributed by atoms with Gasteiger partial charge in [-0.3, -0.25) is 9.89 Å². The molecule has 0 spiro atoms. The average molecular weight is 247 g/mol. The lowest BCUT2D eigenvalue weighted by Crippen LogP contribution is -2.17. The zero-order valence-electron chi connectivity index (χ0n) is 9.34. The Labute approximate surface area is 101 Å². The van der Waals surface area contributed by atoms with Crippen molar-refractivity contribution in [3.8, 4) is 0 Å². The number of carboxylic acid groups (broad SMARTS) is 1. The van der Waals surface area contributed by atoms with Crippen LogP contribution < -0.4 is 5.32 Å². The summed E-state index contributed by atoms with van der Waals surface area (Å²) in [4.78, 5) is 30.1. The molecular weight excluding hydrogens is 238 g/mol. The molecule has 3 N–H and O–H groups in total. The van der Waals surface area contributed by atoms with E-state index >= 15 is 0 Å². The molecule has 0 aromatic carbocycles. The predicted molar refractivity (Wildman–Crippen MR) is 60.3 cm³/mol. The quantitative estimate of drug-likeness (QED) is 0.724. The summed E-state index contributed by atoms with van der Waals surface area (Å²) >= 11 is 0. The van der Waals surface area contributed by atoms with E-state index in [1.54, 1.807) is 6.92 Å². The molecule has 0 aliphatic rings. The lowest BCUT2D eigenvalue weighted by molar-refractivity contribution is 0.0691. The summed E-state index contributed by atoms with van der Waals surface area (Å²) in [5.74, 6) is -1.86. The van der Waals surface area contributed by atoms with Crippen LogP contribution in [-0.2, 0) is 0 Å². The van der Waals surface area contributed by atoms with Crippen LogP contribution >= 0.6 is 0 Å². The topological polar surface area (TPSA) is 121 Å². The number of carboxylic acids is 1. The molecule has 2 aromatic rings. The predicted octanol–water partition coefficient (Wildman–Crippen LogP) is 0.459. The standard InChI is InChI=1S/C10H9N5O3/c1-5-6(4-13-15-5)9(16)14-8-7(10(17)18)11-2-3-12-8/h2-4H,1H3,(H,13,15)(H,17,18)(H,12,14,16). The second-order valence-electron chi connectivity index (χ2n) is 3.42. The fourth-order valence-electron chi connectivity index (χ4n) is 1.34. The van der Waals surface area contributed by atoms with E-state index < -0.39 is 11.9 Å². The molecular formula is C10H9N5O3. The Morgan fingerprint density at radius 3 is 2.67 bits per heavy atom. The van der Waals surface area contributed by atoms with Gasteiger partial charge in [0.15, 0.2) is 11.5 Å². The van der Waals surface area contributed by atoms with Crippen molar-refractivity contribution in [3.63, 3.8) is 0 Å². The van der Waals surface area contributed by atoms with Crippen molar-refractivity contribution >= 4 is 17.7 Å². The summed E-state index contributed by atoms with van der Waals surface area (Å²) in [5, 5.41) is 17.6. The van der Waals surface area contributed by atoms with E-state index in [0.29, 0.717) is 11.3 Å². The van der Waals surface area contributed by atoms with Gasteiger partial charge in [0, 0.05) is 18.1 Å². The highest BCUT2D eigenvalue weighted by Gasteiger charge is 2.17. The van der Waals surface area contributed by atoms with Gasteiger partial charge in [0.2, 0.25) is 0 Å². The maximum atomic E-state index is 11.8. The monoisotopic (exact) mass is 247 g/mol. The van der Waals surface area contributed by atoms with Crippen LogP contribution in [0.4, 0.5) is 5.82 Å². The normalized spacial score (nSPS) is 10.1. The van der Waals surface area contributed by atoms with E-state index in [1.165, 1.54) is 18.6 Å². The molecule has 8 nitrogen and oxygen atoms in total. The second-order valence-corrected chi connectivity index (χ2v) is 3.42.